The first kappa shape index (κ1) is 9.99. The molecule has 0 aromatic carbocycles. The number of halogens is 1. The quantitative estimate of drug-likeness (QED) is 0.670. The number of likely N-dealkylation sites (N-methyl/N-ethyl adjacent to an activating group) is 1. The minimum atomic E-state index is 0.546. The van der Waals surface area contributed by atoms with Gasteiger partial charge in [0.1, 0.15) is 0 Å². The van der Waals surface area contributed by atoms with E-state index in [2.05, 4.69) is 19.2 Å². The first-order valence-corrected chi connectivity index (χ1v) is 3.97. The van der Waals surface area contributed by atoms with Gasteiger partial charge < -0.3 is 5.32 Å². The van der Waals surface area contributed by atoms with Crippen molar-refractivity contribution in [2.45, 2.75) is 20.8 Å². The topological polar surface area (TPSA) is 12.0 Å². The molecule has 0 bridgehead atoms. The highest BCUT2D eigenvalue weighted by Gasteiger charge is 2.03. The third kappa shape index (κ3) is 3.23. The summed E-state index contributed by atoms with van der Waals surface area (Å²) in [5.74, 6) is 0.546. The lowest BCUT2D eigenvalue weighted by Crippen LogP contribution is -2.14. The molecule has 2 heteroatoms. The van der Waals surface area contributed by atoms with Crippen LogP contribution in [0.4, 0.5) is 0 Å². The fraction of sp³-hybridized carbons (Fsp3) is 0.750. The van der Waals surface area contributed by atoms with Crippen molar-refractivity contribution >= 4 is 11.6 Å². The predicted molar refractivity (Wildman–Crippen MR) is 47.3 cm³/mol. The molecular weight excluding hydrogens is 146 g/mol. The van der Waals surface area contributed by atoms with Crippen molar-refractivity contribution in [2.24, 2.45) is 5.92 Å². The maximum atomic E-state index is 5.86. The SMILES string of the molecule is CNC/C(=C(\C)Cl)C(C)C. The molecule has 0 aliphatic carbocycles. The van der Waals surface area contributed by atoms with E-state index in [1.807, 2.05) is 14.0 Å². The molecular formula is C8H16ClN. The lowest BCUT2D eigenvalue weighted by molar-refractivity contribution is 0.702. The van der Waals surface area contributed by atoms with Crippen molar-refractivity contribution in [3.05, 3.63) is 10.6 Å². The summed E-state index contributed by atoms with van der Waals surface area (Å²) in [5.41, 5.74) is 1.30. The van der Waals surface area contributed by atoms with Gasteiger partial charge in [0.15, 0.2) is 0 Å². The number of hydrogen-bond donors (Lipinski definition) is 1. The minimum Gasteiger partial charge on any atom is -0.316 e. The smallest absolute Gasteiger partial charge is 0.0178 e. The molecule has 0 atom stereocenters. The van der Waals surface area contributed by atoms with Gasteiger partial charge in [0, 0.05) is 11.6 Å². The predicted octanol–water partition coefficient (Wildman–Crippen LogP) is 2.37. The summed E-state index contributed by atoms with van der Waals surface area (Å²) in [6.45, 7) is 7.14. The Kier molecular flexibility index (Phi) is 4.75. The highest BCUT2D eigenvalue weighted by atomic mass is 35.5. The average Bonchev–Trinajstić information content (AvgIpc) is 1.81. The Morgan fingerprint density at radius 2 is 2.00 bits per heavy atom. The molecule has 0 rings (SSSR count). The molecule has 0 fully saturated rings. The van der Waals surface area contributed by atoms with E-state index in [4.69, 9.17) is 11.6 Å². The Morgan fingerprint density at radius 1 is 1.50 bits per heavy atom. The Hall–Kier alpha value is -0.0100. The molecule has 0 aromatic rings. The fourth-order valence-electron chi connectivity index (χ4n) is 0.914. The van der Waals surface area contributed by atoms with Gasteiger partial charge in [0.25, 0.3) is 0 Å². The van der Waals surface area contributed by atoms with Crippen LogP contribution in [0.1, 0.15) is 20.8 Å². The van der Waals surface area contributed by atoms with Crippen LogP contribution in [-0.2, 0) is 0 Å². The van der Waals surface area contributed by atoms with E-state index in [1.54, 1.807) is 0 Å². The molecule has 60 valence electrons. The lowest BCUT2D eigenvalue weighted by atomic mass is 10.0. The average molecular weight is 162 g/mol. The van der Waals surface area contributed by atoms with Crippen LogP contribution >= 0.6 is 11.6 Å². The number of allylic oxidation sites excluding steroid dienone is 1. The van der Waals surface area contributed by atoms with Crippen molar-refractivity contribution in [1.29, 1.82) is 0 Å². The summed E-state index contributed by atoms with van der Waals surface area (Å²) < 4.78 is 0. The van der Waals surface area contributed by atoms with E-state index in [0.29, 0.717) is 5.92 Å². The Labute approximate surface area is 68.5 Å². The first-order chi connectivity index (χ1) is 4.59. The zero-order valence-electron chi connectivity index (χ0n) is 7.16. The Morgan fingerprint density at radius 3 is 2.10 bits per heavy atom. The molecule has 0 heterocycles. The van der Waals surface area contributed by atoms with E-state index in [0.717, 1.165) is 11.6 Å². The van der Waals surface area contributed by atoms with E-state index >= 15 is 0 Å². The van der Waals surface area contributed by atoms with Gasteiger partial charge in [-0.3, -0.25) is 0 Å². The van der Waals surface area contributed by atoms with Crippen molar-refractivity contribution in [1.82, 2.24) is 5.32 Å². The number of rotatable bonds is 3. The van der Waals surface area contributed by atoms with Crippen LogP contribution in [-0.4, -0.2) is 13.6 Å². The van der Waals surface area contributed by atoms with Crippen molar-refractivity contribution in [2.75, 3.05) is 13.6 Å². The standard InChI is InChI=1S/C8H16ClN/c1-6(2)8(5-10-4)7(3)9/h6,10H,5H2,1-4H3/b8-7-. The molecule has 10 heavy (non-hydrogen) atoms. The molecule has 0 aliphatic heterocycles. The van der Waals surface area contributed by atoms with E-state index in [1.165, 1.54) is 5.57 Å². The largest absolute Gasteiger partial charge is 0.316 e. The summed E-state index contributed by atoms with van der Waals surface area (Å²) in [6, 6.07) is 0. The van der Waals surface area contributed by atoms with Crippen LogP contribution in [0.15, 0.2) is 10.6 Å². The minimum absolute atomic E-state index is 0.546. The molecule has 1 nitrogen and oxygen atoms in total. The van der Waals surface area contributed by atoms with Gasteiger partial charge >= 0.3 is 0 Å². The number of nitrogens with one attached hydrogen (secondary N) is 1. The van der Waals surface area contributed by atoms with Crippen LogP contribution in [0.25, 0.3) is 0 Å². The third-order valence-electron chi connectivity index (χ3n) is 1.51. The fourth-order valence-corrected chi connectivity index (χ4v) is 1.20. The van der Waals surface area contributed by atoms with Gasteiger partial charge in [0.05, 0.1) is 0 Å². The molecule has 0 radical (unpaired) electrons. The van der Waals surface area contributed by atoms with Gasteiger partial charge in [0.2, 0.25) is 0 Å². The summed E-state index contributed by atoms with van der Waals surface area (Å²) >= 11 is 5.86. The normalized spacial score (nSPS) is 13.8. The second-order valence-corrected chi connectivity index (χ2v) is 3.31. The van der Waals surface area contributed by atoms with Crippen molar-refractivity contribution in [3.8, 4) is 0 Å². The molecule has 0 aliphatic rings. The zero-order valence-corrected chi connectivity index (χ0v) is 7.92. The van der Waals surface area contributed by atoms with Crippen LogP contribution in [0.3, 0.4) is 0 Å². The van der Waals surface area contributed by atoms with E-state index in [-0.39, 0.29) is 0 Å². The van der Waals surface area contributed by atoms with Gasteiger partial charge in [-0.15, -0.1) is 0 Å². The van der Waals surface area contributed by atoms with Crippen LogP contribution in [0.2, 0.25) is 0 Å². The van der Waals surface area contributed by atoms with Crippen molar-refractivity contribution < 1.29 is 0 Å². The number of hydrogen-bond acceptors (Lipinski definition) is 1. The Bertz CT molecular complexity index is 123. The van der Waals surface area contributed by atoms with Crippen LogP contribution in [0.5, 0.6) is 0 Å². The highest BCUT2D eigenvalue weighted by molar-refractivity contribution is 6.29. The van der Waals surface area contributed by atoms with Gasteiger partial charge in [-0.1, -0.05) is 25.4 Å². The summed E-state index contributed by atoms with van der Waals surface area (Å²) in [6.07, 6.45) is 0. The van der Waals surface area contributed by atoms with Gasteiger partial charge in [-0.25, -0.2) is 0 Å². The van der Waals surface area contributed by atoms with Crippen molar-refractivity contribution in [3.63, 3.8) is 0 Å². The van der Waals surface area contributed by atoms with E-state index in [9.17, 15) is 0 Å². The van der Waals surface area contributed by atoms with Crippen LogP contribution in [0, 0.1) is 5.92 Å². The van der Waals surface area contributed by atoms with Gasteiger partial charge in [-0.2, -0.15) is 0 Å². The summed E-state index contributed by atoms with van der Waals surface area (Å²) in [5, 5.41) is 4.01. The monoisotopic (exact) mass is 161 g/mol. The second-order valence-electron chi connectivity index (χ2n) is 2.74. The molecule has 1 N–H and O–H groups in total. The lowest BCUT2D eigenvalue weighted by Gasteiger charge is -2.11. The van der Waals surface area contributed by atoms with E-state index < -0.39 is 0 Å². The highest BCUT2D eigenvalue weighted by Crippen LogP contribution is 2.16. The Balaban J connectivity index is 4.13. The molecule has 0 saturated carbocycles. The molecule has 0 aromatic heterocycles. The molecule has 0 spiro atoms. The second kappa shape index (κ2) is 4.75. The summed E-state index contributed by atoms with van der Waals surface area (Å²) in [7, 11) is 1.93. The summed E-state index contributed by atoms with van der Waals surface area (Å²) in [4.78, 5) is 0. The van der Waals surface area contributed by atoms with Gasteiger partial charge in [-0.05, 0) is 25.5 Å². The maximum absolute atomic E-state index is 5.86. The molecule has 0 unspecified atom stereocenters. The zero-order chi connectivity index (χ0) is 8.15. The molecule has 0 saturated heterocycles. The van der Waals surface area contributed by atoms with Crippen LogP contribution < -0.4 is 5.32 Å². The third-order valence-corrected chi connectivity index (χ3v) is 1.75. The molecule has 0 amide bonds. The first-order valence-electron chi connectivity index (χ1n) is 3.59. The maximum Gasteiger partial charge on any atom is 0.0178 e.